The molecule has 0 aliphatic carbocycles. The van der Waals surface area contributed by atoms with Gasteiger partial charge in [0.1, 0.15) is 5.54 Å². The van der Waals surface area contributed by atoms with Crippen LogP contribution < -0.4 is 9.80 Å². The Hall–Kier alpha value is -2.53. The molecule has 3 aromatic rings. The van der Waals surface area contributed by atoms with Gasteiger partial charge >= 0.3 is 6.03 Å². The van der Waals surface area contributed by atoms with Crippen LogP contribution in [0, 0.1) is 6.92 Å². The van der Waals surface area contributed by atoms with E-state index < -0.39 is 5.54 Å². The summed E-state index contributed by atoms with van der Waals surface area (Å²) in [7, 11) is 0. The third-order valence-electron chi connectivity index (χ3n) is 6.22. The van der Waals surface area contributed by atoms with Crippen LogP contribution in [0.4, 0.5) is 16.2 Å². The van der Waals surface area contributed by atoms with Crippen molar-refractivity contribution in [3.63, 3.8) is 0 Å². The van der Waals surface area contributed by atoms with Crippen LogP contribution in [0.5, 0.6) is 0 Å². The van der Waals surface area contributed by atoms with Gasteiger partial charge in [0.05, 0.1) is 12.6 Å². The van der Waals surface area contributed by atoms with E-state index in [-0.39, 0.29) is 12.1 Å². The van der Waals surface area contributed by atoms with Crippen molar-refractivity contribution in [2.45, 2.75) is 24.9 Å². The van der Waals surface area contributed by atoms with Crippen LogP contribution in [0.25, 0.3) is 0 Å². The minimum absolute atomic E-state index is 0.0818. The number of benzene rings is 3. The predicted octanol–water partition coefficient (Wildman–Crippen LogP) is 6.43. The van der Waals surface area contributed by atoms with Crippen molar-refractivity contribution in [3.8, 4) is 0 Å². The highest BCUT2D eigenvalue weighted by atomic mass is 35.5. The number of aryl methyl sites for hydroxylation is 1. The van der Waals surface area contributed by atoms with Crippen LogP contribution in [0.15, 0.2) is 72.8 Å². The molecule has 5 rings (SSSR count). The molecule has 158 valence electrons. The molecule has 2 aliphatic rings. The van der Waals surface area contributed by atoms with Crippen molar-refractivity contribution in [2.24, 2.45) is 0 Å². The average Bonchev–Trinajstić information content (AvgIpc) is 3.04. The summed E-state index contributed by atoms with van der Waals surface area (Å²) >= 11 is 12.3. The number of hydrogen-bond donors (Lipinski definition) is 0. The standard InChI is InChI=1S/C25H22Cl2N2O2/c1-17-3-2-4-18(15-17)25-16-31-14-13-23(25)28(21-9-5-19(26)6-10-21)24(30)29(25)22-11-7-20(27)8-12-22/h2-12,15,23H,13-14,16H2,1H3. The SMILES string of the molecule is Cc1cccc(C23COCCC2N(c2ccc(Cl)cc2)C(=O)N3c2ccc(Cl)cc2)c1. The molecule has 2 atom stereocenters. The maximum Gasteiger partial charge on any atom is 0.330 e. The van der Waals surface area contributed by atoms with Gasteiger partial charge in [0.15, 0.2) is 0 Å². The zero-order valence-corrected chi connectivity index (χ0v) is 18.6. The Morgan fingerprint density at radius 2 is 1.58 bits per heavy atom. The van der Waals surface area contributed by atoms with Crippen molar-refractivity contribution in [3.05, 3.63) is 94.0 Å². The van der Waals surface area contributed by atoms with Gasteiger partial charge in [-0.25, -0.2) is 4.79 Å². The number of urea groups is 1. The molecule has 2 fully saturated rings. The summed E-state index contributed by atoms with van der Waals surface area (Å²) in [6, 6.07) is 23.1. The van der Waals surface area contributed by atoms with E-state index in [1.807, 2.05) is 64.4 Å². The van der Waals surface area contributed by atoms with Gasteiger partial charge in [-0.05, 0) is 67.4 Å². The molecule has 4 nitrogen and oxygen atoms in total. The van der Waals surface area contributed by atoms with Crippen molar-refractivity contribution in [2.75, 3.05) is 23.0 Å². The number of nitrogens with zero attached hydrogens (tertiary/aromatic N) is 2. The second-order valence-corrected chi connectivity index (χ2v) is 8.96. The maximum atomic E-state index is 14.0. The lowest BCUT2D eigenvalue weighted by Crippen LogP contribution is -2.56. The topological polar surface area (TPSA) is 32.8 Å². The van der Waals surface area contributed by atoms with Gasteiger partial charge < -0.3 is 4.74 Å². The minimum Gasteiger partial charge on any atom is -0.378 e. The van der Waals surface area contributed by atoms with E-state index in [0.717, 1.165) is 28.9 Å². The van der Waals surface area contributed by atoms with Crippen molar-refractivity contribution in [1.29, 1.82) is 0 Å². The number of anilines is 2. The molecule has 0 bridgehead atoms. The van der Waals surface area contributed by atoms with E-state index >= 15 is 0 Å². The quantitative estimate of drug-likeness (QED) is 0.458. The first-order valence-electron chi connectivity index (χ1n) is 10.3. The van der Waals surface area contributed by atoms with Gasteiger partial charge in [0.2, 0.25) is 0 Å². The van der Waals surface area contributed by atoms with E-state index in [2.05, 4.69) is 25.1 Å². The normalized spacial score (nSPS) is 23.2. The number of halogens is 2. The Labute approximate surface area is 191 Å². The van der Waals surface area contributed by atoms with Crippen molar-refractivity contribution in [1.82, 2.24) is 0 Å². The maximum absolute atomic E-state index is 14.0. The van der Waals surface area contributed by atoms with Crippen LogP contribution in [-0.4, -0.2) is 25.3 Å². The largest absolute Gasteiger partial charge is 0.378 e. The van der Waals surface area contributed by atoms with E-state index in [1.165, 1.54) is 0 Å². The Bertz CT molecular complexity index is 1120. The zero-order chi connectivity index (χ0) is 21.6. The number of carbonyl (C=O) groups excluding carboxylic acids is 1. The molecule has 6 heteroatoms. The summed E-state index contributed by atoms with van der Waals surface area (Å²) in [6.07, 6.45) is 0.729. The summed E-state index contributed by atoms with van der Waals surface area (Å²) in [5.74, 6) is 0. The fourth-order valence-corrected chi connectivity index (χ4v) is 5.12. The zero-order valence-electron chi connectivity index (χ0n) is 17.1. The Morgan fingerprint density at radius 1 is 0.935 bits per heavy atom. The lowest BCUT2D eigenvalue weighted by atomic mass is 9.79. The van der Waals surface area contributed by atoms with E-state index in [1.54, 1.807) is 0 Å². The van der Waals surface area contributed by atoms with Crippen molar-refractivity contribution >= 4 is 40.6 Å². The van der Waals surface area contributed by atoms with Gasteiger partial charge in [0.25, 0.3) is 0 Å². The molecule has 0 N–H and O–H groups in total. The predicted molar refractivity (Wildman–Crippen MR) is 125 cm³/mol. The fourth-order valence-electron chi connectivity index (χ4n) is 4.87. The Kier molecular flexibility index (Phi) is 5.17. The van der Waals surface area contributed by atoms with Crippen LogP contribution in [0.3, 0.4) is 0 Å². The van der Waals surface area contributed by atoms with Crippen LogP contribution in [0.1, 0.15) is 17.5 Å². The van der Waals surface area contributed by atoms with Gasteiger partial charge in [-0.1, -0.05) is 53.0 Å². The lowest BCUT2D eigenvalue weighted by molar-refractivity contribution is 0.0320. The summed E-state index contributed by atoms with van der Waals surface area (Å²) in [5, 5.41) is 1.27. The smallest absolute Gasteiger partial charge is 0.330 e. The van der Waals surface area contributed by atoms with Gasteiger partial charge in [-0.3, -0.25) is 9.80 Å². The third-order valence-corrected chi connectivity index (χ3v) is 6.73. The molecule has 2 saturated heterocycles. The fraction of sp³-hybridized carbons (Fsp3) is 0.240. The number of ether oxygens (including phenoxy) is 1. The highest BCUT2D eigenvalue weighted by Gasteiger charge is 2.60. The molecular weight excluding hydrogens is 431 g/mol. The molecule has 0 spiro atoms. The first kappa shape index (κ1) is 20.4. The Balaban J connectivity index is 1.74. The summed E-state index contributed by atoms with van der Waals surface area (Å²) in [5.41, 5.74) is 3.17. The molecule has 2 aliphatic heterocycles. The number of hydrogen-bond acceptors (Lipinski definition) is 2. The molecule has 0 saturated carbocycles. The van der Waals surface area contributed by atoms with E-state index in [4.69, 9.17) is 27.9 Å². The molecule has 2 unspecified atom stereocenters. The van der Waals surface area contributed by atoms with Crippen molar-refractivity contribution < 1.29 is 9.53 Å². The molecule has 3 aromatic carbocycles. The van der Waals surface area contributed by atoms with Crippen LogP contribution >= 0.6 is 23.2 Å². The summed E-state index contributed by atoms with van der Waals surface area (Å²) < 4.78 is 6.04. The molecular formula is C25H22Cl2N2O2. The lowest BCUT2D eigenvalue weighted by Gasteiger charge is -2.44. The van der Waals surface area contributed by atoms with Crippen LogP contribution in [-0.2, 0) is 10.3 Å². The van der Waals surface area contributed by atoms with E-state index in [9.17, 15) is 4.79 Å². The molecule has 2 heterocycles. The second-order valence-electron chi connectivity index (χ2n) is 8.09. The highest BCUT2D eigenvalue weighted by Crippen LogP contribution is 2.49. The number of amides is 2. The number of carbonyl (C=O) groups is 1. The van der Waals surface area contributed by atoms with Gasteiger partial charge in [-0.2, -0.15) is 0 Å². The molecule has 2 amide bonds. The van der Waals surface area contributed by atoms with Gasteiger partial charge in [0, 0.05) is 28.0 Å². The summed E-state index contributed by atoms with van der Waals surface area (Å²) in [6.45, 7) is 3.09. The monoisotopic (exact) mass is 452 g/mol. The average molecular weight is 453 g/mol. The number of fused-ring (bicyclic) bond motifs is 1. The first-order valence-corrected chi connectivity index (χ1v) is 11.1. The first-order chi connectivity index (χ1) is 15.0. The molecule has 31 heavy (non-hydrogen) atoms. The third kappa shape index (κ3) is 3.30. The van der Waals surface area contributed by atoms with E-state index in [0.29, 0.717) is 23.3 Å². The minimum atomic E-state index is -0.658. The van der Waals surface area contributed by atoms with Crippen LogP contribution in [0.2, 0.25) is 10.0 Å². The molecule has 0 radical (unpaired) electrons. The molecule has 0 aromatic heterocycles. The second kappa shape index (κ2) is 7.86. The Morgan fingerprint density at radius 3 is 2.23 bits per heavy atom. The summed E-state index contributed by atoms with van der Waals surface area (Å²) in [4.78, 5) is 17.8. The van der Waals surface area contributed by atoms with Gasteiger partial charge in [-0.15, -0.1) is 0 Å². The number of rotatable bonds is 3. The highest BCUT2D eigenvalue weighted by molar-refractivity contribution is 6.31.